The van der Waals surface area contributed by atoms with Crippen LogP contribution in [0.2, 0.25) is 0 Å². The lowest BCUT2D eigenvalue weighted by Crippen LogP contribution is -2.48. The molecule has 0 atom stereocenters. The Hall–Kier alpha value is -1.90. The van der Waals surface area contributed by atoms with E-state index >= 15 is 0 Å². The summed E-state index contributed by atoms with van der Waals surface area (Å²) in [5.74, 6) is -0.0675. The molecular formula is C10H10F3N3O3. The minimum absolute atomic E-state index is 0.0675. The minimum Gasteiger partial charge on any atom is -0.396 e. The number of rotatable bonds is 3. The second-order valence-corrected chi connectivity index (χ2v) is 4.27. The molecule has 1 aliphatic heterocycles. The van der Waals surface area contributed by atoms with E-state index in [0.29, 0.717) is 25.4 Å². The van der Waals surface area contributed by atoms with Gasteiger partial charge in [0.15, 0.2) is 0 Å². The lowest BCUT2D eigenvalue weighted by molar-refractivity contribution is -0.384. The van der Waals surface area contributed by atoms with E-state index < -0.39 is 22.5 Å². The zero-order valence-corrected chi connectivity index (χ0v) is 9.59. The van der Waals surface area contributed by atoms with Crippen LogP contribution >= 0.6 is 0 Å². The van der Waals surface area contributed by atoms with Crippen molar-refractivity contribution in [2.75, 3.05) is 24.6 Å². The number of hydrogen-bond donors (Lipinski definition) is 1. The van der Waals surface area contributed by atoms with Crippen LogP contribution in [-0.2, 0) is 6.18 Å². The van der Waals surface area contributed by atoms with Gasteiger partial charge in [-0.1, -0.05) is 0 Å². The van der Waals surface area contributed by atoms with Crippen molar-refractivity contribution in [1.29, 1.82) is 0 Å². The third-order valence-corrected chi connectivity index (χ3v) is 2.90. The summed E-state index contributed by atoms with van der Waals surface area (Å²) >= 11 is 0. The molecular weight excluding hydrogens is 267 g/mol. The second-order valence-electron chi connectivity index (χ2n) is 4.27. The maximum absolute atomic E-state index is 12.5. The van der Waals surface area contributed by atoms with Gasteiger partial charge in [0.05, 0.1) is 4.92 Å². The van der Waals surface area contributed by atoms with Crippen LogP contribution in [0.5, 0.6) is 0 Å². The number of pyridine rings is 1. The Bertz CT molecular complexity index is 501. The molecule has 104 valence electrons. The van der Waals surface area contributed by atoms with E-state index in [4.69, 9.17) is 5.11 Å². The predicted octanol–water partition coefficient (Wildman–Crippen LogP) is 1.44. The van der Waals surface area contributed by atoms with Crippen LogP contribution in [0, 0.1) is 16.0 Å². The molecule has 0 aromatic carbocycles. The average molecular weight is 277 g/mol. The standard InChI is InChI=1S/C10H10F3N3O3/c11-10(12,13)9-1-7(8(2-14-9)16(18)19)15-3-6(4-15)5-17/h1-2,6,17H,3-5H2. The second kappa shape index (κ2) is 4.65. The molecule has 0 spiro atoms. The molecule has 19 heavy (non-hydrogen) atoms. The molecule has 1 N–H and O–H groups in total. The van der Waals surface area contributed by atoms with Gasteiger partial charge in [-0.3, -0.25) is 10.1 Å². The predicted molar refractivity (Wildman–Crippen MR) is 58.7 cm³/mol. The van der Waals surface area contributed by atoms with Crippen molar-refractivity contribution in [3.8, 4) is 0 Å². The Morgan fingerprint density at radius 3 is 2.63 bits per heavy atom. The smallest absolute Gasteiger partial charge is 0.396 e. The Kier molecular flexibility index (Phi) is 3.31. The molecule has 9 heteroatoms. The molecule has 0 bridgehead atoms. The van der Waals surface area contributed by atoms with E-state index in [-0.39, 0.29) is 18.2 Å². The fourth-order valence-corrected chi connectivity index (χ4v) is 1.87. The summed E-state index contributed by atoms with van der Waals surface area (Å²) in [6.07, 6.45) is -4.03. The third kappa shape index (κ3) is 2.60. The van der Waals surface area contributed by atoms with Gasteiger partial charge in [-0.05, 0) is 6.07 Å². The first kappa shape index (κ1) is 13.5. The molecule has 2 heterocycles. The highest BCUT2D eigenvalue weighted by molar-refractivity contribution is 5.64. The number of nitro groups is 1. The molecule has 0 aliphatic carbocycles. The Morgan fingerprint density at radius 1 is 1.53 bits per heavy atom. The number of hydrogen-bond acceptors (Lipinski definition) is 5. The quantitative estimate of drug-likeness (QED) is 0.668. The number of nitrogens with zero attached hydrogens (tertiary/aromatic N) is 3. The highest BCUT2D eigenvalue weighted by Crippen LogP contribution is 2.37. The third-order valence-electron chi connectivity index (χ3n) is 2.90. The molecule has 2 rings (SSSR count). The maximum Gasteiger partial charge on any atom is 0.433 e. The van der Waals surface area contributed by atoms with Crippen LogP contribution in [0.4, 0.5) is 24.5 Å². The molecule has 1 aromatic heterocycles. The lowest BCUT2D eigenvalue weighted by Gasteiger charge is -2.39. The summed E-state index contributed by atoms with van der Waals surface area (Å²) in [5.41, 5.74) is -1.75. The van der Waals surface area contributed by atoms with Crippen LogP contribution < -0.4 is 4.90 Å². The van der Waals surface area contributed by atoms with Gasteiger partial charge in [0.1, 0.15) is 17.6 Å². The van der Waals surface area contributed by atoms with E-state index in [1.54, 1.807) is 0 Å². The van der Waals surface area contributed by atoms with Gasteiger partial charge in [-0.2, -0.15) is 13.2 Å². The average Bonchev–Trinajstić information content (AvgIpc) is 2.26. The molecule has 1 aliphatic rings. The molecule has 6 nitrogen and oxygen atoms in total. The number of aromatic nitrogens is 1. The first-order valence-electron chi connectivity index (χ1n) is 5.40. The van der Waals surface area contributed by atoms with E-state index in [1.807, 2.05) is 0 Å². The summed E-state index contributed by atoms with van der Waals surface area (Å²) in [6.45, 7) is 0.485. The van der Waals surface area contributed by atoms with Gasteiger partial charge in [-0.15, -0.1) is 0 Å². The summed E-state index contributed by atoms with van der Waals surface area (Å²) < 4.78 is 37.6. The van der Waals surface area contributed by atoms with Crippen LogP contribution in [0.25, 0.3) is 0 Å². The van der Waals surface area contributed by atoms with Crippen molar-refractivity contribution in [3.05, 3.63) is 28.1 Å². The van der Waals surface area contributed by atoms with Crippen molar-refractivity contribution in [2.24, 2.45) is 5.92 Å². The number of alkyl halides is 3. The first-order chi connectivity index (χ1) is 8.82. The summed E-state index contributed by atoms with van der Waals surface area (Å²) in [5, 5.41) is 19.6. The first-order valence-corrected chi connectivity index (χ1v) is 5.40. The Balaban J connectivity index is 2.35. The molecule has 0 unspecified atom stereocenters. The highest BCUT2D eigenvalue weighted by atomic mass is 19.4. The van der Waals surface area contributed by atoms with Crippen molar-refractivity contribution < 1.29 is 23.2 Å². The van der Waals surface area contributed by atoms with Crippen molar-refractivity contribution in [1.82, 2.24) is 4.98 Å². The van der Waals surface area contributed by atoms with E-state index in [9.17, 15) is 23.3 Å². The zero-order chi connectivity index (χ0) is 14.2. The normalized spacial score (nSPS) is 16.3. The number of anilines is 1. The van der Waals surface area contributed by atoms with Crippen molar-refractivity contribution in [2.45, 2.75) is 6.18 Å². The number of aliphatic hydroxyl groups excluding tert-OH is 1. The van der Waals surface area contributed by atoms with Crippen molar-refractivity contribution in [3.63, 3.8) is 0 Å². The van der Waals surface area contributed by atoms with E-state index in [0.717, 1.165) is 0 Å². The highest BCUT2D eigenvalue weighted by Gasteiger charge is 2.37. The molecule has 1 fully saturated rings. The van der Waals surface area contributed by atoms with Gasteiger partial charge < -0.3 is 10.0 Å². The van der Waals surface area contributed by atoms with Crippen LogP contribution in [0.1, 0.15) is 5.69 Å². The van der Waals surface area contributed by atoms with Crippen molar-refractivity contribution >= 4 is 11.4 Å². The van der Waals surface area contributed by atoms with Gasteiger partial charge in [0.25, 0.3) is 0 Å². The Labute approximate surface area is 105 Å². The number of aliphatic hydroxyl groups is 1. The van der Waals surface area contributed by atoms with Crippen LogP contribution in [0.15, 0.2) is 12.3 Å². The van der Waals surface area contributed by atoms with Gasteiger partial charge in [0.2, 0.25) is 0 Å². The van der Waals surface area contributed by atoms with E-state index in [2.05, 4.69) is 4.98 Å². The summed E-state index contributed by atoms with van der Waals surface area (Å²) in [7, 11) is 0. The minimum atomic E-state index is -4.65. The lowest BCUT2D eigenvalue weighted by atomic mass is 10.00. The number of halogens is 3. The Morgan fingerprint density at radius 2 is 2.16 bits per heavy atom. The summed E-state index contributed by atoms with van der Waals surface area (Å²) in [4.78, 5) is 14.5. The zero-order valence-electron chi connectivity index (χ0n) is 9.59. The largest absolute Gasteiger partial charge is 0.433 e. The fourth-order valence-electron chi connectivity index (χ4n) is 1.87. The maximum atomic E-state index is 12.5. The van der Waals surface area contributed by atoms with Gasteiger partial charge in [-0.25, -0.2) is 4.98 Å². The molecule has 0 radical (unpaired) electrons. The topological polar surface area (TPSA) is 79.5 Å². The molecule has 1 saturated heterocycles. The van der Waals surface area contributed by atoms with E-state index in [1.165, 1.54) is 4.90 Å². The monoisotopic (exact) mass is 277 g/mol. The van der Waals surface area contributed by atoms with Gasteiger partial charge in [0, 0.05) is 25.6 Å². The fraction of sp³-hybridized carbons (Fsp3) is 0.500. The SMILES string of the molecule is O=[N+]([O-])c1cnc(C(F)(F)F)cc1N1CC(CO)C1. The van der Waals surface area contributed by atoms with Crippen LogP contribution in [-0.4, -0.2) is 34.7 Å². The molecule has 1 aromatic rings. The summed E-state index contributed by atoms with van der Waals surface area (Å²) in [6, 6.07) is 0.672. The molecule has 0 amide bonds. The molecule has 0 saturated carbocycles. The van der Waals surface area contributed by atoms with Crippen LogP contribution in [0.3, 0.4) is 0 Å². The van der Waals surface area contributed by atoms with Gasteiger partial charge >= 0.3 is 11.9 Å².